The highest BCUT2D eigenvalue weighted by Crippen LogP contribution is 2.33. The van der Waals surface area contributed by atoms with Gasteiger partial charge in [-0.2, -0.15) is 0 Å². The lowest BCUT2D eigenvalue weighted by Crippen LogP contribution is -2.36. The highest BCUT2D eigenvalue weighted by Gasteiger charge is 2.35. The molecule has 2 amide bonds. The molecule has 0 unspecified atom stereocenters. The number of amides is 2. The van der Waals surface area contributed by atoms with Gasteiger partial charge in [0.25, 0.3) is 0 Å². The number of hydrazine groups is 1. The summed E-state index contributed by atoms with van der Waals surface area (Å²) in [5.41, 5.74) is 7.59. The number of carbonyl (C=O) groups is 2. The van der Waals surface area contributed by atoms with E-state index in [1.54, 1.807) is 72.7 Å². The Bertz CT molecular complexity index is 1250. The monoisotopic (exact) mass is 543 g/mol. The normalized spacial score (nSPS) is 14.9. The summed E-state index contributed by atoms with van der Waals surface area (Å²) in [7, 11) is 1.58. The van der Waals surface area contributed by atoms with Crippen LogP contribution in [0.4, 0.5) is 11.4 Å². The molecule has 0 spiro atoms. The number of carbonyl (C=O) groups excluding carboxylic acids is 2. The molecular formula is C27H27Cl2N3O5. The van der Waals surface area contributed by atoms with Crippen LogP contribution in [0, 0.1) is 5.92 Å². The molecule has 194 valence electrons. The van der Waals surface area contributed by atoms with Gasteiger partial charge in [0.2, 0.25) is 11.8 Å². The van der Waals surface area contributed by atoms with Crippen LogP contribution in [0.2, 0.25) is 10.0 Å². The molecule has 1 aliphatic rings. The Morgan fingerprint density at radius 1 is 1.03 bits per heavy atom. The van der Waals surface area contributed by atoms with Crippen molar-refractivity contribution in [3.8, 4) is 17.2 Å². The van der Waals surface area contributed by atoms with Crippen molar-refractivity contribution in [1.82, 2.24) is 5.43 Å². The number of benzene rings is 3. The Labute approximate surface area is 225 Å². The Morgan fingerprint density at radius 2 is 1.76 bits per heavy atom. The Hall–Kier alpha value is -3.62. The van der Waals surface area contributed by atoms with Gasteiger partial charge in [-0.25, -0.2) is 0 Å². The van der Waals surface area contributed by atoms with Crippen molar-refractivity contribution in [2.75, 3.05) is 30.6 Å². The third-order valence-corrected chi connectivity index (χ3v) is 6.60. The SMILES string of the molecule is CCOc1cc(NNC(=O)[C@H]2CC(=O)N(c3ccc(OC)cc3)C2)ccc1OCc1c(Cl)cccc1Cl. The van der Waals surface area contributed by atoms with E-state index in [0.717, 1.165) is 5.69 Å². The number of ether oxygens (including phenoxy) is 3. The Kier molecular flexibility index (Phi) is 8.63. The van der Waals surface area contributed by atoms with Gasteiger partial charge in [-0.05, 0) is 55.5 Å². The molecule has 8 nitrogen and oxygen atoms in total. The third-order valence-electron chi connectivity index (χ3n) is 5.89. The van der Waals surface area contributed by atoms with Crippen molar-refractivity contribution in [2.24, 2.45) is 5.92 Å². The van der Waals surface area contributed by atoms with Gasteiger partial charge in [0.1, 0.15) is 12.4 Å². The molecule has 4 rings (SSSR count). The molecule has 2 N–H and O–H groups in total. The number of methoxy groups -OCH3 is 1. The van der Waals surface area contributed by atoms with E-state index in [9.17, 15) is 9.59 Å². The van der Waals surface area contributed by atoms with Crippen molar-refractivity contribution in [1.29, 1.82) is 0 Å². The third kappa shape index (κ3) is 6.39. The molecule has 0 aliphatic carbocycles. The summed E-state index contributed by atoms with van der Waals surface area (Å²) in [5.74, 6) is 0.818. The van der Waals surface area contributed by atoms with E-state index in [-0.39, 0.29) is 24.8 Å². The Morgan fingerprint density at radius 3 is 2.43 bits per heavy atom. The first kappa shape index (κ1) is 26.4. The first-order valence-corrected chi connectivity index (χ1v) is 12.5. The van der Waals surface area contributed by atoms with Crippen LogP contribution in [0.1, 0.15) is 18.9 Å². The molecule has 1 heterocycles. The van der Waals surface area contributed by atoms with Gasteiger partial charge < -0.3 is 19.1 Å². The molecule has 1 fully saturated rings. The fourth-order valence-corrected chi connectivity index (χ4v) is 4.43. The number of nitrogens with zero attached hydrogens (tertiary/aromatic N) is 1. The first-order valence-electron chi connectivity index (χ1n) is 11.7. The predicted molar refractivity (Wildman–Crippen MR) is 144 cm³/mol. The first-order chi connectivity index (χ1) is 17.9. The fourth-order valence-electron chi connectivity index (χ4n) is 3.92. The lowest BCUT2D eigenvalue weighted by Gasteiger charge is -2.18. The minimum Gasteiger partial charge on any atom is -0.497 e. The average molecular weight is 544 g/mol. The van der Waals surface area contributed by atoms with Crippen LogP contribution in [-0.2, 0) is 16.2 Å². The minimum atomic E-state index is -0.489. The number of rotatable bonds is 10. The zero-order valence-electron chi connectivity index (χ0n) is 20.4. The lowest BCUT2D eigenvalue weighted by molar-refractivity contribution is -0.125. The summed E-state index contributed by atoms with van der Waals surface area (Å²) in [4.78, 5) is 26.9. The molecule has 0 saturated carbocycles. The van der Waals surface area contributed by atoms with Gasteiger partial charge in [0.15, 0.2) is 11.5 Å². The van der Waals surface area contributed by atoms with E-state index in [4.69, 9.17) is 37.4 Å². The summed E-state index contributed by atoms with van der Waals surface area (Å²) >= 11 is 12.5. The van der Waals surface area contributed by atoms with Crippen LogP contribution in [-0.4, -0.2) is 32.1 Å². The van der Waals surface area contributed by atoms with Crippen LogP contribution in [0.5, 0.6) is 17.2 Å². The molecule has 10 heteroatoms. The highest BCUT2D eigenvalue weighted by molar-refractivity contribution is 6.35. The van der Waals surface area contributed by atoms with E-state index in [0.29, 0.717) is 51.7 Å². The van der Waals surface area contributed by atoms with E-state index >= 15 is 0 Å². The number of nitrogens with one attached hydrogen (secondary N) is 2. The quantitative estimate of drug-likeness (QED) is 0.329. The van der Waals surface area contributed by atoms with Crippen LogP contribution in [0.15, 0.2) is 60.7 Å². The smallest absolute Gasteiger partial charge is 0.243 e. The number of hydrogen-bond donors (Lipinski definition) is 2. The second-order valence-corrected chi connectivity index (χ2v) is 9.12. The second kappa shape index (κ2) is 12.1. The largest absolute Gasteiger partial charge is 0.497 e. The topological polar surface area (TPSA) is 89.1 Å². The molecule has 0 bridgehead atoms. The van der Waals surface area contributed by atoms with Gasteiger partial charge in [0.05, 0.1) is 25.3 Å². The molecule has 37 heavy (non-hydrogen) atoms. The molecule has 0 radical (unpaired) electrons. The standard InChI is InChI=1S/C27H27Cl2N3O5/c1-3-36-25-14-18(7-12-24(25)37-16-21-22(28)5-4-6-23(21)29)30-31-27(34)17-13-26(33)32(15-17)19-8-10-20(35-2)11-9-19/h4-12,14,17,30H,3,13,15-16H2,1-2H3,(H,31,34)/t17-/m0/s1. The molecule has 1 saturated heterocycles. The summed E-state index contributed by atoms with van der Waals surface area (Å²) in [6, 6.07) is 17.6. The van der Waals surface area contributed by atoms with Crippen molar-refractivity contribution >= 4 is 46.4 Å². The number of halogens is 2. The van der Waals surface area contributed by atoms with Crippen molar-refractivity contribution in [3.05, 3.63) is 76.3 Å². The van der Waals surface area contributed by atoms with Gasteiger partial charge >= 0.3 is 0 Å². The fraction of sp³-hybridized carbons (Fsp3) is 0.259. The van der Waals surface area contributed by atoms with Gasteiger partial charge in [-0.1, -0.05) is 29.3 Å². The molecular weight excluding hydrogens is 517 g/mol. The summed E-state index contributed by atoms with van der Waals surface area (Å²) in [6.07, 6.45) is 0.126. The van der Waals surface area contributed by atoms with Gasteiger partial charge in [-0.3, -0.25) is 20.4 Å². The van der Waals surface area contributed by atoms with Crippen molar-refractivity contribution in [3.63, 3.8) is 0 Å². The van der Waals surface area contributed by atoms with Crippen LogP contribution in [0.25, 0.3) is 0 Å². The molecule has 3 aromatic rings. The van der Waals surface area contributed by atoms with Crippen molar-refractivity contribution in [2.45, 2.75) is 20.0 Å². The summed E-state index contributed by atoms with van der Waals surface area (Å²) < 4.78 is 16.8. The molecule has 1 atom stereocenters. The maximum atomic E-state index is 12.8. The summed E-state index contributed by atoms with van der Waals surface area (Å²) in [5, 5.41) is 1.03. The van der Waals surface area contributed by atoms with Crippen molar-refractivity contribution < 1.29 is 23.8 Å². The molecule has 1 aliphatic heterocycles. The van der Waals surface area contributed by atoms with Gasteiger partial charge in [0, 0.05) is 40.3 Å². The van der Waals surface area contributed by atoms with E-state index < -0.39 is 5.92 Å². The maximum absolute atomic E-state index is 12.8. The predicted octanol–water partition coefficient (Wildman–Crippen LogP) is 5.48. The van der Waals surface area contributed by atoms with Crippen LogP contribution >= 0.6 is 23.2 Å². The maximum Gasteiger partial charge on any atom is 0.243 e. The van der Waals surface area contributed by atoms with E-state index in [1.165, 1.54) is 0 Å². The minimum absolute atomic E-state index is 0.107. The zero-order valence-corrected chi connectivity index (χ0v) is 21.9. The second-order valence-electron chi connectivity index (χ2n) is 8.30. The molecule has 3 aromatic carbocycles. The number of hydrogen-bond acceptors (Lipinski definition) is 6. The van der Waals surface area contributed by atoms with Crippen LogP contribution < -0.4 is 30.0 Å². The zero-order chi connectivity index (χ0) is 26.4. The van der Waals surface area contributed by atoms with Crippen LogP contribution in [0.3, 0.4) is 0 Å². The van der Waals surface area contributed by atoms with E-state index in [1.807, 2.05) is 6.92 Å². The average Bonchev–Trinajstić information content (AvgIpc) is 3.29. The number of anilines is 2. The molecule has 0 aromatic heterocycles. The van der Waals surface area contributed by atoms with E-state index in [2.05, 4.69) is 10.9 Å². The van der Waals surface area contributed by atoms with Gasteiger partial charge in [-0.15, -0.1) is 0 Å². The Balaban J connectivity index is 1.36. The lowest BCUT2D eigenvalue weighted by atomic mass is 10.1. The highest BCUT2D eigenvalue weighted by atomic mass is 35.5. The summed E-state index contributed by atoms with van der Waals surface area (Å²) in [6.45, 7) is 2.75.